The van der Waals surface area contributed by atoms with Crippen LogP contribution in [0.3, 0.4) is 0 Å². The first-order chi connectivity index (χ1) is 9.07. The lowest BCUT2D eigenvalue weighted by Crippen LogP contribution is -2.50. The predicted molar refractivity (Wildman–Crippen MR) is 74.4 cm³/mol. The lowest BCUT2D eigenvalue weighted by atomic mass is 9.80. The van der Waals surface area contributed by atoms with Gasteiger partial charge in [-0.2, -0.15) is 0 Å². The standard InChI is InChI=1S/C15H21NO3/c1-11-5-3-4-6-13(11)16-15(14(17)18)9-7-12(19-2)8-10-15/h3-6,12,16H,7-10H2,1-2H3,(H,17,18). The molecule has 19 heavy (non-hydrogen) atoms. The summed E-state index contributed by atoms with van der Waals surface area (Å²) in [6.45, 7) is 1.98. The number of nitrogens with one attached hydrogen (secondary N) is 1. The van der Waals surface area contributed by atoms with Crippen molar-refractivity contribution >= 4 is 11.7 Å². The third-order valence-corrected chi connectivity index (χ3v) is 4.05. The second kappa shape index (κ2) is 5.61. The van der Waals surface area contributed by atoms with Crippen LogP contribution in [-0.2, 0) is 9.53 Å². The Morgan fingerprint density at radius 2 is 2.00 bits per heavy atom. The van der Waals surface area contributed by atoms with E-state index < -0.39 is 11.5 Å². The normalized spacial score (nSPS) is 26.9. The zero-order valence-electron chi connectivity index (χ0n) is 11.5. The second-order valence-corrected chi connectivity index (χ2v) is 5.26. The van der Waals surface area contributed by atoms with Crippen molar-refractivity contribution in [1.29, 1.82) is 0 Å². The first-order valence-electron chi connectivity index (χ1n) is 6.67. The van der Waals surface area contributed by atoms with Crippen LogP contribution in [0.1, 0.15) is 31.2 Å². The fraction of sp³-hybridized carbons (Fsp3) is 0.533. The van der Waals surface area contributed by atoms with Gasteiger partial charge in [-0.15, -0.1) is 0 Å². The van der Waals surface area contributed by atoms with Crippen LogP contribution in [0.25, 0.3) is 0 Å². The molecule has 0 amide bonds. The number of para-hydroxylation sites is 1. The second-order valence-electron chi connectivity index (χ2n) is 5.26. The highest BCUT2D eigenvalue weighted by molar-refractivity contribution is 5.83. The fourth-order valence-electron chi connectivity index (χ4n) is 2.68. The average molecular weight is 263 g/mol. The van der Waals surface area contributed by atoms with Gasteiger partial charge in [-0.3, -0.25) is 0 Å². The summed E-state index contributed by atoms with van der Waals surface area (Å²) in [7, 11) is 1.69. The van der Waals surface area contributed by atoms with Crippen molar-refractivity contribution in [1.82, 2.24) is 0 Å². The maximum atomic E-state index is 11.7. The van der Waals surface area contributed by atoms with E-state index >= 15 is 0 Å². The molecular formula is C15H21NO3. The molecule has 1 saturated carbocycles. The predicted octanol–water partition coefficient (Wildman–Crippen LogP) is 2.82. The number of aliphatic carboxylic acids is 1. The van der Waals surface area contributed by atoms with E-state index in [2.05, 4.69) is 5.32 Å². The summed E-state index contributed by atoms with van der Waals surface area (Å²) in [5.74, 6) is -0.773. The Hall–Kier alpha value is -1.55. The Kier molecular flexibility index (Phi) is 4.10. The number of hydrogen-bond donors (Lipinski definition) is 2. The smallest absolute Gasteiger partial charge is 0.329 e. The molecule has 0 spiro atoms. The topological polar surface area (TPSA) is 58.6 Å². The van der Waals surface area contributed by atoms with Gasteiger partial charge in [0.1, 0.15) is 5.54 Å². The van der Waals surface area contributed by atoms with Crippen molar-refractivity contribution in [3.63, 3.8) is 0 Å². The molecule has 0 heterocycles. The molecule has 1 aliphatic rings. The van der Waals surface area contributed by atoms with Crippen molar-refractivity contribution in [2.75, 3.05) is 12.4 Å². The number of carbonyl (C=O) groups is 1. The molecular weight excluding hydrogens is 242 g/mol. The van der Waals surface area contributed by atoms with Gasteiger partial charge >= 0.3 is 5.97 Å². The van der Waals surface area contributed by atoms with Crippen molar-refractivity contribution in [3.05, 3.63) is 29.8 Å². The number of hydrogen-bond acceptors (Lipinski definition) is 3. The van der Waals surface area contributed by atoms with Gasteiger partial charge in [-0.1, -0.05) is 18.2 Å². The Labute approximate surface area is 113 Å². The summed E-state index contributed by atoms with van der Waals surface area (Å²) in [5.41, 5.74) is 1.11. The van der Waals surface area contributed by atoms with E-state index in [0.29, 0.717) is 12.8 Å². The zero-order chi connectivity index (χ0) is 13.9. The summed E-state index contributed by atoms with van der Waals surface area (Å²) < 4.78 is 5.32. The first kappa shape index (κ1) is 13.9. The van der Waals surface area contributed by atoms with Crippen LogP contribution in [0.15, 0.2) is 24.3 Å². The van der Waals surface area contributed by atoms with E-state index in [-0.39, 0.29) is 6.10 Å². The van der Waals surface area contributed by atoms with E-state index in [1.165, 1.54) is 0 Å². The number of carboxylic acid groups (broad SMARTS) is 1. The van der Waals surface area contributed by atoms with Crippen LogP contribution < -0.4 is 5.32 Å². The molecule has 0 radical (unpaired) electrons. The number of ether oxygens (including phenoxy) is 1. The molecule has 2 N–H and O–H groups in total. The number of carboxylic acids is 1. The van der Waals surface area contributed by atoms with Gasteiger partial charge in [0.15, 0.2) is 0 Å². The highest BCUT2D eigenvalue weighted by atomic mass is 16.5. The molecule has 4 nitrogen and oxygen atoms in total. The number of rotatable bonds is 4. The quantitative estimate of drug-likeness (QED) is 0.877. The molecule has 4 heteroatoms. The summed E-state index contributed by atoms with van der Waals surface area (Å²) in [5, 5.41) is 12.8. The molecule has 0 atom stereocenters. The molecule has 1 aromatic carbocycles. The summed E-state index contributed by atoms with van der Waals surface area (Å²) in [6.07, 6.45) is 2.93. The Balaban J connectivity index is 2.18. The number of anilines is 1. The van der Waals surface area contributed by atoms with Gasteiger partial charge in [-0.05, 0) is 44.2 Å². The molecule has 0 aromatic heterocycles. The van der Waals surface area contributed by atoms with E-state index in [9.17, 15) is 9.90 Å². The minimum absolute atomic E-state index is 0.186. The lowest BCUT2D eigenvalue weighted by molar-refractivity contribution is -0.144. The van der Waals surface area contributed by atoms with E-state index in [0.717, 1.165) is 24.1 Å². The number of aryl methyl sites for hydroxylation is 1. The van der Waals surface area contributed by atoms with Crippen molar-refractivity contribution < 1.29 is 14.6 Å². The van der Waals surface area contributed by atoms with E-state index in [4.69, 9.17) is 4.74 Å². The van der Waals surface area contributed by atoms with Crippen LogP contribution >= 0.6 is 0 Å². The highest BCUT2D eigenvalue weighted by Crippen LogP contribution is 2.34. The maximum Gasteiger partial charge on any atom is 0.329 e. The third kappa shape index (κ3) is 2.89. The van der Waals surface area contributed by atoms with Gasteiger partial charge in [0.25, 0.3) is 0 Å². The van der Waals surface area contributed by atoms with Crippen LogP contribution in [0.4, 0.5) is 5.69 Å². The van der Waals surface area contributed by atoms with Crippen LogP contribution in [0.5, 0.6) is 0 Å². The molecule has 1 fully saturated rings. The molecule has 104 valence electrons. The molecule has 2 rings (SSSR count). The van der Waals surface area contributed by atoms with Gasteiger partial charge in [0, 0.05) is 12.8 Å². The van der Waals surface area contributed by atoms with Gasteiger partial charge in [0.2, 0.25) is 0 Å². The van der Waals surface area contributed by atoms with Gasteiger partial charge < -0.3 is 15.2 Å². The van der Waals surface area contributed by atoms with Crippen molar-refractivity contribution in [2.45, 2.75) is 44.2 Å². The Bertz CT molecular complexity index is 450. The molecule has 1 aromatic rings. The zero-order valence-corrected chi connectivity index (χ0v) is 11.5. The van der Waals surface area contributed by atoms with Crippen LogP contribution in [0.2, 0.25) is 0 Å². The summed E-state index contributed by atoms with van der Waals surface area (Å²) in [4.78, 5) is 11.7. The molecule has 0 unspecified atom stereocenters. The van der Waals surface area contributed by atoms with Crippen LogP contribution in [0, 0.1) is 6.92 Å². The Morgan fingerprint density at radius 3 is 2.53 bits per heavy atom. The summed E-state index contributed by atoms with van der Waals surface area (Å²) >= 11 is 0. The molecule has 0 bridgehead atoms. The third-order valence-electron chi connectivity index (χ3n) is 4.05. The molecule has 0 saturated heterocycles. The van der Waals surface area contributed by atoms with Crippen LogP contribution in [-0.4, -0.2) is 29.8 Å². The first-order valence-corrected chi connectivity index (χ1v) is 6.67. The monoisotopic (exact) mass is 263 g/mol. The maximum absolute atomic E-state index is 11.7. The van der Waals surface area contributed by atoms with Gasteiger partial charge in [0.05, 0.1) is 6.10 Å². The Morgan fingerprint density at radius 1 is 1.37 bits per heavy atom. The largest absolute Gasteiger partial charge is 0.480 e. The number of benzene rings is 1. The fourth-order valence-corrected chi connectivity index (χ4v) is 2.68. The summed E-state index contributed by atoms with van der Waals surface area (Å²) in [6, 6.07) is 7.79. The SMILES string of the molecule is COC1CCC(Nc2ccccc2C)(C(=O)O)CC1. The lowest BCUT2D eigenvalue weighted by Gasteiger charge is -2.38. The van der Waals surface area contributed by atoms with Gasteiger partial charge in [-0.25, -0.2) is 4.79 Å². The van der Waals surface area contributed by atoms with Crippen molar-refractivity contribution in [3.8, 4) is 0 Å². The molecule has 0 aliphatic heterocycles. The van der Waals surface area contributed by atoms with E-state index in [1.54, 1.807) is 7.11 Å². The highest BCUT2D eigenvalue weighted by Gasteiger charge is 2.42. The van der Waals surface area contributed by atoms with E-state index in [1.807, 2.05) is 31.2 Å². The number of methoxy groups -OCH3 is 1. The molecule has 1 aliphatic carbocycles. The minimum Gasteiger partial charge on any atom is -0.480 e. The van der Waals surface area contributed by atoms with Crippen molar-refractivity contribution in [2.24, 2.45) is 0 Å². The minimum atomic E-state index is -0.860. The average Bonchev–Trinajstić information content (AvgIpc) is 2.42.